The minimum Gasteiger partial charge on any atom is -0.487 e. The van der Waals surface area contributed by atoms with Crippen molar-refractivity contribution in [2.45, 2.75) is 27.0 Å². The molecule has 3 rings (SSSR count). The van der Waals surface area contributed by atoms with Crippen LogP contribution in [0.1, 0.15) is 25.0 Å². The standard InChI is InChI=1S/C19H15BrFNO2.C2H6/c20-18-17(24-13-14-5-2-1-3-6-14)9-10-22(19(18)23)12-15-7-4-8-16(21)11-15;1-2/h1-11H,12-13H2;1-2H3. The molecule has 0 N–H and O–H groups in total. The molecule has 0 aliphatic rings. The molecule has 1 heterocycles. The maximum Gasteiger partial charge on any atom is 0.268 e. The van der Waals surface area contributed by atoms with Crippen molar-refractivity contribution >= 4 is 15.9 Å². The monoisotopic (exact) mass is 417 g/mol. The Morgan fingerprint density at radius 2 is 1.69 bits per heavy atom. The van der Waals surface area contributed by atoms with Gasteiger partial charge in [-0.3, -0.25) is 4.79 Å². The number of ether oxygens (including phenoxy) is 1. The van der Waals surface area contributed by atoms with Gasteiger partial charge in [0, 0.05) is 6.20 Å². The molecule has 2 aromatic carbocycles. The molecule has 0 bridgehead atoms. The number of hydrogen-bond acceptors (Lipinski definition) is 2. The number of nitrogens with zero attached hydrogens (tertiary/aromatic N) is 1. The first-order valence-corrected chi connectivity index (χ1v) is 9.23. The van der Waals surface area contributed by atoms with E-state index in [9.17, 15) is 9.18 Å². The number of halogens is 2. The van der Waals surface area contributed by atoms with E-state index >= 15 is 0 Å². The van der Waals surface area contributed by atoms with E-state index in [4.69, 9.17) is 4.74 Å². The first-order chi connectivity index (χ1) is 12.6. The molecule has 136 valence electrons. The molecule has 1 aromatic heterocycles. The van der Waals surface area contributed by atoms with Crippen LogP contribution in [0, 0.1) is 5.82 Å². The van der Waals surface area contributed by atoms with Crippen LogP contribution in [0.25, 0.3) is 0 Å². The van der Waals surface area contributed by atoms with Crippen molar-refractivity contribution in [3.63, 3.8) is 0 Å². The van der Waals surface area contributed by atoms with Crippen LogP contribution >= 0.6 is 15.9 Å². The Bertz CT molecular complexity index is 894. The third-order valence-corrected chi connectivity index (χ3v) is 4.28. The summed E-state index contributed by atoms with van der Waals surface area (Å²) in [7, 11) is 0. The highest BCUT2D eigenvalue weighted by molar-refractivity contribution is 9.10. The Morgan fingerprint density at radius 1 is 1.00 bits per heavy atom. The highest BCUT2D eigenvalue weighted by atomic mass is 79.9. The van der Waals surface area contributed by atoms with E-state index in [0.717, 1.165) is 11.1 Å². The molecule has 3 nitrogen and oxygen atoms in total. The molecule has 3 aromatic rings. The molecular formula is C21H21BrFNO2. The fourth-order valence-electron chi connectivity index (χ4n) is 2.33. The number of rotatable bonds is 5. The molecule has 0 aliphatic carbocycles. The van der Waals surface area contributed by atoms with E-state index < -0.39 is 0 Å². The average Bonchev–Trinajstić information content (AvgIpc) is 2.67. The zero-order chi connectivity index (χ0) is 18.9. The van der Waals surface area contributed by atoms with Crippen molar-refractivity contribution in [1.29, 1.82) is 0 Å². The van der Waals surface area contributed by atoms with E-state index in [1.807, 2.05) is 44.2 Å². The second-order valence-corrected chi connectivity index (χ2v) is 6.12. The molecule has 0 saturated carbocycles. The van der Waals surface area contributed by atoms with E-state index in [1.165, 1.54) is 16.7 Å². The Kier molecular flexibility index (Phi) is 7.60. The molecule has 0 fully saturated rings. The Hall–Kier alpha value is -2.40. The third kappa shape index (κ3) is 5.30. The van der Waals surface area contributed by atoms with Gasteiger partial charge in [0.05, 0.1) is 6.54 Å². The van der Waals surface area contributed by atoms with E-state index in [-0.39, 0.29) is 11.4 Å². The maximum absolute atomic E-state index is 13.3. The molecular weight excluding hydrogens is 397 g/mol. The predicted molar refractivity (Wildman–Crippen MR) is 106 cm³/mol. The van der Waals surface area contributed by atoms with Gasteiger partial charge < -0.3 is 9.30 Å². The number of pyridine rings is 1. The SMILES string of the molecule is CC.O=c1c(Br)c(OCc2ccccc2)ccn1Cc1cccc(F)c1. The fraction of sp³-hybridized carbons (Fsp3) is 0.190. The highest BCUT2D eigenvalue weighted by Gasteiger charge is 2.09. The summed E-state index contributed by atoms with van der Waals surface area (Å²) in [5, 5.41) is 0. The Balaban J connectivity index is 0.00000117. The Labute approximate surface area is 161 Å². The normalized spacial score (nSPS) is 10.0. The van der Waals surface area contributed by atoms with Crippen molar-refractivity contribution in [3.05, 3.63) is 98.6 Å². The van der Waals surface area contributed by atoms with Gasteiger partial charge in [0.1, 0.15) is 22.6 Å². The summed E-state index contributed by atoms with van der Waals surface area (Å²) in [5.41, 5.74) is 1.53. The molecule has 26 heavy (non-hydrogen) atoms. The molecule has 0 atom stereocenters. The van der Waals surface area contributed by atoms with Crippen LogP contribution in [0.3, 0.4) is 0 Å². The van der Waals surface area contributed by atoms with Gasteiger partial charge in [0.25, 0.3) is 5.56 Å². The largest absolute Gasteiger partial charge is 0.487 e. The first-order valence-electron chi connectivity index (χ1n) is 8.43. The first kappa shape index (κ1) is 19.9. The van der Waals surface area contributed by atoms with Crippen LogP contribution in [-0.2, 0) is 13.2 Å². The minimum absolute atomic E-state index is 0.218. The lowest BCUT2D eigenvalue weighted by Gasteiger charge is -2.11. The predicted octanol–water partition coefficient (Wildman–Crippen LogP) is 5.40. The lowest BCUT2D eigenvalue weighted by molar-refractivity contribution is 0.302. The molecule has 0 unspecified atom stereocenters. The summed E-state index contributed by atoms with van der Waals surface area (Å²) >= 11 is 3.30. The smallest absolute Gasteiger partial charge is 0.268 e. The van der Waals surface area contributed by atoms with Gasteiger partial charge in [0.2, 0.25) is 0 Å². The van der Waals surface area contributed by atoms with Crippen LogP contribution in [-0.4, -0.2) is 4.57 Å². The molecule has 0 aliphatic heterocycles. The second-order valence-electron chi connectivity index (χ2n) is 5.33. The van der Waals surface area contributed by atoms with Crippen molar-refractivity contribution in [1.82, 2.24) is 4.57 Å². The lowest BCUT2D eigenvalue weighted by Crippen LogP contribution is -2.21. The Morgan fingerprint density at radius 3 is 2.38 bits per heavy atom. The summed E-state index contributed by atoms with van der Waals surface area (Å²) in [4.78, 5) is 12.4. The molecule has 5 heteroatoms. The van der Waals surface area contributed by atoms with Gasteiger partial charge in [-0.2, -0.15) is 0 Å². The van der Waals surface area contributed by atoms with E-state index in [0.29, 0.717) is 23.4 Å². The fourth-order valence-corrected chi connectivity index (χ4v) is 2.81. The summed E-state index contributed by atoms with van der Waals surface area (Å²) in [5.74, 6) is 0.168. The van der Waals surface area contributed by atoms with Gasteiger partial charge in [-0.05, 0) is 45.3 Å². The summed E-state index contributed by atoms with van der Waals surface area (Å²) in [6, 6.07) is 17.7. The summed E-state index contributed by atoms with van der Waals surface area (Å²) < 4.78 is 20.8. The second kappa shape index (κ2) is 9.92. The van der Waals surface area contributed by atoms with Crippen molar-refractivity contribution in [3.8, 4) is 5.75 Å². The third-order valence-electron chi connectivity index (χ3n) is 3.55. The molecule has 0 saturated heterocycles. The lowest BCUT2D eigenvalue weighted by atomic mass is 10.2. The van der Waals surface area contributed by atoms with Gasteiger partial charge in [-0.15, -0.1) is 0 Å². The van der Waals surface area contributed by atoms with Crippen LogP contribution < -0.4 is 10.3 Å². The van der Waals surface area contributed by atoms with Gasteiger partial charge in [0.15, 0.2) is 0 Å². The van der Waals surface area contributed by atoms with Gasteiger partial charge in [-0.1, -0.05) is 56.3 Å². The number of aromatic nitrogens is 1. The van der Waals surface area contributed by atoms with Crippen molar-refractivity contribution < 1.29 is 9.13 Å². The zero-order valence-electron chi connectivity index (χ0n) is 14.8. The number of benzene rings is 2. The van der Waals surface area contributed by atoms with Crippen molar-refractivity contribution in [2.75, 3.05) is 0 Å². The molecule has 0 spiro atoms. The van der Waals surface area contributed by atoms with Crippen LogP contribution in [0.4, 0.5) is 4.39 Å². The average molecular weight is 418 g/mol. The minimum atomic E-state index is -0.317. The maximum atomic E-state index is 13.3. The number of hydrogen-bond donors (Lipinski definition) is 0. The van der Waals surface area contributed by atoms with Gasteiger partial charge in [-0.25, -0.2) is 4.39 Å². The van der Waals surface area contributed by atoms with Gasteiger partial charge >= 0.3 is 0 Å². The quantitative estimate of drug-likeness (QED) is 0.555. The molecule has 0 radical (unpaired) electrons. The van der Waals surface area contributed by atoms with E-state index in [2.05, 4.69) is 15.9 Å². The van der Waals surface area contributed by atoms with Crippen LogP contribution in [0.2, 0.25) is 0 Å². The highest BCUT2D eigenvalue weighted by Crippen LogP contribution is 2.21. The van der Waals surface area contributed by atoms with Crippen LogP contribution in [0.5, 0.6) is 5.75 Å². The summed E-state index contributed by atoms with van der Waals surface area (Å²) in [6.45, 7) is 4.68. The molecule has 0 amide bonds. The van der Waals surface area contributed by atoms with E-state index in [1.54, 1.807) is 24.4 Å². The van der Waals surface area contributed by atoms with Crippen molar-refractivity contribution in [2.24, 2.45) is 0 Å². The summed E-state index contributed by atoms with van der Waals surface area (Å²) in [6.07, 6.45) is 1.65. The van der Waals surface area contributed by atoms with Crippen LogP contribution in [0.15, 0.2) is 76.1 Å². The topological polar surface area (TPSA) is 31.2 Å². The zero-order valence-corrected chi connectivity index (χ0v) is 16.4.